The van der Waals surface area contributed by atoms with Crippen LogP contribution >= 0.6 is 23.2 Å². The summed E-state index contributed by atoms with van der Waals surface area (Å²) in [5, 5.41) is 4.75. The van der Waals surface area contributed by atoms with Gasteiger partial charge in [0.15, 0.2) is 0 Å². The summed E-state index contributed by atoms with van der Waals surface area (Å²) >= 11 is 11.9. The molecule has 0 radical (unpaired) electrons. The van der Waals surface area contributed by atoms with Crippen LogP contribution in [0.3, 0.4) is 0 Å². The Morgan fingerprint density at radius 1 is 1.14 bits per heavy atom. The third kappa shape index (κ3) is 5.04. The van der Waals surface area contributed by atoms with E-state index in [1.54, 1.807) is 49.7 Å². The molecule has 1 amide bonds. The van der Waals surface area contributed by atoms with E-state index in [1.165, 1.54) is 16.8 Å². The van der Waals surface area contributed by atoms with Crippen molar-refractivity contribution in [2.45, 2.75) is 6.54 Å². The van der Waals surface area contributed by atoms with Crippen LogP contribution in [0.5, 0.6) is 5.75 Å². The van der Waals surface area contributed by atoms with Gasteiger partial charge in [-0.2, -0.15) is 5.10 Å². The van der Waals surface area contributed by atoms with E-state index in [4.69, 9.17) is 27.9 Å². The third-order valence-corrected chi connectivity index (χ3v) is 4.85. The predicted octanol–water partition coefficient (Wildman–Crippen LogP) is 3.98. The quantitative estimate of drug-likeness (QED) is 0.475. The standard InChI is InChI=1S/C21H17Cl2N3O3/c1-29-19-7-3-2-5-15(19)12-24-25-20(27)16-6-4-10-26(21(16)28)13-14-8-9-17(22)18(23)11-14/h2-12H,13H2,1H3,(H,25,27)/b24-12-. The van der Waals surface area contributed by atoms with Crippen LogP contribution in [0.25, 0.3) is 0 Å². The zero-order valence-corrected chi connectivity index (χ0v) is 16.9. The third-order valence-electron chi connectivity index (χ3n) is 4.11. The molecule has 0 unspecified atom stereocenters. The van der Waals surface area contributed by atoms with Crippen molar-refractivity contribution in [3.8, 4) is 5.75 Å². The van der Waals surface area contributed by atoms with Crippen LogP contribution in [0.1, 0.15) is 21.5 Å². The van der Waals surface area contributed by atoms with Gasteiger partial charge < -0.3 is 9.30 Å². The number of benzene rings is 2. The Morgan fingerprint density at radius 3 is 2.69 bits per heavy atom. The van der Waals surface area contributed by atoms with Crippen LogP contribution in [0.4, 0.5) is 0 Å². The van der Waals surface area contributed by atoms with Crippen LogP contribution in [0.2, 0.25) is 10.0 Å². The van der Waals surface area contributed by atoms with Crippen molar-refractivity contribution in [3.05, 3.63) is 97.9 Å². The highest BCUT2D eigenvalue weighted by Crippen LogP contribution is 2.22. The predicted molar refractivity (Wildman–Crippen MR) is 114 cm³/mol. The first kappa shape index (κ1) is 20.6. The van der Waals surface area contributed by atoms with Gasteiger partial charge in [-0.1, -0.05) is 41.4 Å². The molecule has 0 saturated heterocycles. The number of aromatic nitrogens is 1. The number of hydrogen-bond acceptors (Lipinski definition) is 4. The maximum absolute atomic E-state index is 12.7. The summed E-state index contributed by atoms with van der Waals surface area (Å²) < 4.78 is 6.63. The molecule has 0 bridgehead atoms. The summed E-state index contributed by atoms with van der Waals surface area (Å²) in [5.74, 6) is 0.0128. The largest absolute Gasteiger partial charge is 0.496 e. The Morgan fingerprint density at radius 2 is 1.93 bits per heavy atom. The smallest absolute Gasteiger partial charge is 0.276 e. The molecule has 29 heavy (non-hydrogen) atoms. The molecule has 0 aliphatic rings. The van der Waals surface area contributed by atoms with Gasteiger partial charge in [-0.05, 0) is 42.0 Å². The molecule has 3 rings (SSSR count). The van der Waals surface area contributed by atoms with Crippen molar-refractivity contribution >= 4 is 35.3 Å². The van der Waals surface area contributed by atoms with E-state index in [1.807, 2.05) is 12.1 Å². The summed E-state index contributed by atoms with van der Waals surface area (Å²) in [5.41, 5.74) is 3.39. The number of hydrogen-bond donors (Lipinski definition) is 1. The van der Waals surface area contributed by atoms with E-state index in [0.29, 0.717) is 21.4 Å². The van der Waals surface area contributed by atoms with Crippen LogP contribution < -0.4 is 15.7 Å². The monoisotopic (exact) mass is 429 g/mol. The van der Waals surface area contributed by atoms with Gasteiger partial charge in [-0.15, -0.1) is 0 Å². The van der Waals surface area contributed by atoms with Crippen molar-refractivity contribution in [2.75, 3.05) is 7.11 Å². The number of pyridine rings is 1. The molecule has 1 heterocycles. The van der Waals surface area contributed by atoms with Gasteiger partial charge in [0.05, 0.1) is 29.9 Å². The first-order valence-corrected chi connectivity index (χ1v) is 9.35. The Labute approximate surface area is 177 Å². The summed E-state index contributed by atoms with van der Waals surface area (Å²) in [6.07, 6.45) is 3.05. The first-order valence-electron chi connectivity index (χ1n) is 8.59. The van der Waals surface area contributed by atoms with E-state index >= 15 is 0 Å². The van der Waals surface area contributed by atoms with Gasteiger partial charge in [0.25, 0.3) is 11.5 Å². The lowest BCUT2D eigenvalue weighted by Crippen LogP contribution is -2.30. The molecule has 0 spiro atoms. The minimum absolute atomic E-state index is 0.0234. The zero-order valence-electron chi connectivity index (χ0n) is 15.4. The normalized spacial score (nSPS) is 10.9. The second-order valence-corrected chi connectivity index (χ2v) is 6.86. The molecule has 3 aromatic rings. The van der Waals surface area contributed by atoms with Crippen molar-refractivity contribution < 1.29 is 9.53 Å². The second kappa shape index (κ2) is 9.41. The topological polar surface area (TPSA) is 72.7 Å². The number of amides is 1. The van der Waals surface area contributed by atoms with Gasteiger partial charge in [-0.3, -0.25) is 9.59 Å². The fourth-order valence-electron chi connectivity index (χ4n) is 2.66. The molecule has 0 aliphatic heterocycles. The minimum atomic E-state index is -0.607. The number of carbonyl (C=O) groups excluding carboxylic acids is 1. The summed E-state index contributed by atoms with van der Waals surface area (Å²) in [6.45, 7) is 0.251. The molecule has 0 aliphatic carbocycles. The molecular weight excluding hydrogens is 413 g/mol. The Kier molecular flexibility index (Phi) is 6.69. The first-order chi connectivity index (χ1) is 14.0. The molecule has 2 aromatic carbocycles. The van der Waals surface area contributed by atoms with E-state index in [9.17, 15) is 9.59 Å². The van der Waals surface area contributed by atoms with E-state index in [0.717, 1.165) is 5.56 Å². The van der Waals surface area contributed by atoms with Gasteiger partial charge in [0, 0.05) is 11.8 Å². The highest BCUT2D eigenvalue weighted by atomic mass is 35.5. The summed E-state index contributed by atoms with van der Waals surface area (Å²) in [7, 11) is 1.55. The van der Waals surface area contributed by atoms with Crippen molar-refractivity contribution in [3.63, 3.8) is 0 Å². The SMILES string of the molecule is COc1ccccc1/C=N\NC(=O)c1cccn(Cc2ccc(Cl)c(Cl)c2)c1=O. The zero-order chi connectivity index (χ0) is 20.8. The average molecular weight is 430 g/mol. The minimum Gasteiger partial charge on any atom is -0.496 e. The van der Waals surface area contributed by atoms with Crippen molar-refractivity contribution in [1.82, 2.24) is 9.99 Å². The Balaban J connectivity index is 1.76. The molecule has 148 valence electrons. The van der Waals surface area contributed by atoms with Crippen molar-refractivity contribution in [2.24, 2.45) is 5.10 Å². The van der Waals surface area contributed by atoms with Crippen molar-refractivity contribution in [1.29, 1.82) is 0 Å². The number of halogens is 2. The number of methoxy groups -OCH3 is 1. The number of ether oxygens (including phenoxy) is 1. The number of nitrogens with zero attached hydrogens (tertiary/aromatic N) is 2. The Hall–Kier alpha value is -3.09. The lowest BCUT2D eigenvalue weighted by Gasteiger charge is -2.08. The van der Waals surface area contributed by atoms with Gasteiger partial charge in [-0.25, -0.2) is 5.43 Å². The Bertz CT molecular complexity index is 1130. The molecular formula is C21H17Cl2N3O3. The molecule has 0 saturated carbocycles. The summed E-state index contributed by atoms with van der Waals surface area (Å²) in [4.78, 5) is 25.1. The lowest BCUT2D eigenvalue weighted by atomic mass is 10.2. The lowest BCUT2D eigenvalue weighted by molar-refractivity contribution is 0.0953. The summed E-state index contributed by atoms with van der Waals surface area (Å²) in [6, 6.07) is 15.4. The van der Waals surface area contributed by atoms with E-state index < -0.39 is 11.5 Å². The molecule has 0 fully saturated rings. The fraction of sp³-hybridized carbons (Fsp3) is 0.0952. The van der Waals surface area contributed by atoms with Gasteiger partial charge >= 0.3 is 0 Å². The van der Waals surface area contributed by atoms with E-state index in [-0.39, 0.29) is 12.1 Å². The van der Waals surface area contributed by atoms with Crippen LogP contribution in [-0.2, 0) is 6.54 Å². The van der Waals surface area contributed by atoms with Gasteiger partial charge in [0.1, 0.15) is 11.3 Å². The number of para-hydroxylation sites is 1. The average Bonchev–Trinajstić information content (AvgIpc) is 2.72. The fourth-order valence-corrected chi connectivity index (χ4v) is 2.98. The molecule has 1 aromatic heterocycles. The number of hydrazone groups is 1. The molecule has 8 heteroatoms. The van der Waals surface area contributed by atoms with Crippen LogP contribution in [0, 0.1) is 0 Å². The van der Waals surface area contributed by atoms with E-state index in [2.05, 4.69) is 10.5 Å². The van der Waals surface area contributed by atoms with Crippen LogP contribution in [0.15, 0.2) is 70.7 Å². The maximum Gasteiger partial charge on any atom is 0.276 e. The number of rotatable bonds is 6. The van der Waals surface area contributed by atoms with Gasteiger partial charge in [0.2, 0.25) is 0 Å². The van der Waals surface area contributed by atoms with Crippen LogP contribution in [-0.4, -0.2) is 23.8 Å². The second-order valence-electron chi connectivity index (χ2n) is 6.04. The highest BCUT2D eigenvalue weighted by Gasteiger charge is 2.12. The highest BCUT2D eigenvalue weighted by molar-refractivity contribution is 6.42. The molecule has 1 N–H and O–H groups in total. The maximum atomic E-state index is 12.7. The molecule has 6 nitrogen and oxygen atoms in total. The molecule has 0 atom stereocenters. The number of nitrogens with one attached hydrogen (secondary N) is 1. The number of carbonyl (C=O) groups is 1.